The summed E-state index contributed by atoms with van der Waals surface area (Å²) in [5.41, 5.74) is -0.814. The SMILES string of the molecule is COc1cccc(Oc2ccc(C(F)(F)F)cn2)c1. The zero-order valence-electron chi connectivity index (χ0n) is 9.94. The van der Waals surface area contributed by atoms with Crippen LogP contribution in [0.1, 0.15) is 5.56 Å². The smallest absolute Gasteiger partial charge is 0.417 e. The second-order valence-corrected chi connectivity index (χ2v) is 3.66. The van der Waals surface area contributed by atoms with Crippen LogP contribution in [0.4, 0.5) is 13.2 Å². The van der Waals surface area contributed by atoms with E-state index >= 15 is 0 Å². The van der Waals surface area contributed by atoms with Gasteiger partial charge in [0.25, 0.3) is 0 Å². The van der Waals surface area contributed by atoms with Crippen molar-refractivity contribution in [2.24, 2.45) is 0 Å². The Morgan fingerprint density at radius 1 is 1.05 bits per heavy atom. The predicted molar refractivity (Wildman–Crippen MR) is 62.3 cm³/mol. The molecule has 100 valence electrons. The number of nitrogens with zero attached hydrogens (tertiary/aromatic N) is 1. The molecule has 0 radical (unpaired) electrons. The molecule has 0 aliphatic rings. The Hall–Kier alpha value is -2.24. The summed E-state index contributed by atoms with van der Waals surface area (Å²) in [4.78, 5) is 3.61. The van der Waals surface area contributed by atoms with E-state index in [-0.39, 0.29) is 5.88 Å². The van der Waals surface area contributed by atoms with Crippen LogP contribution in [0, 0.1) is 0 Å². The number of rotatable bonds is 3. The molecule has 1 aromatic carbocycles. The standard InChI is InChI=1S/C13H10F3NO2/c1-18-10-3-2-4-11(7-10)19-12-6-5-9(8-17-12)13(14,15)16/h2-8H,1H3. The van der Waals surface area contributed by atoms with Crippen molar-refractivity contribution in [3.63, 3.8) is 0 Å². The van der Waals surface area contributed by atoms with Crippen LogP contribution in [0.5, 0.6) is 17.4 Å². The maximum Gasteiger partial charge on any atom is 0.417 e. The summed E-state index contributed by atoms with van der Waals surface area (Å²) in [5, 5.41) is 0. The van der Waals surface area contributed by atoms with Crippen molar-refractivity contribution in [1.82, 2.24) is 4.98 Å². The lowest BCUT2D eigenvalue weighted by Gasteiger charge is -2.08. The van der Waals surface area contributed by atoms with Crippen molar-refractivity contribution in [3.05, 3.63) is 48.2 Å². The molecule has 0 N–H and O–H groups in total. The van der Waals surface area contributed by atoms with Gasteiger partial charge in [-0.15, -0.1) is 0 Å². The molecule has 0 saturated carbocycles. The van der Waals surface area contributed by atoms with Crippen LogP contribution in [0.25, 0.3) is 0 Å². The Labute approximate surface area is 107 Å². The number of hydrogen-bond donors (Lipinski definition) is 0. The summed E-state index contributed by atoms with van der Waals surface area (Å²) in [7, 11) is 1.51. The minimum atomic E-state index is -4.40. The summed E-state index contributed by atoms with van der Waals surface area (Å²) in [5.74, 6) is 1.11. The lowest BCUT2D eigenvalue weighted by Crippen LogP contribution is -2.05. The highest BCUT2D eigenvalue weighted by atomic mass is 19.4. The molecule has 0 unspecified atom stereocenters. The van der Waals surface area contributed by atoms with Gasteiger partial charge in [-0.2, -0.15) is 13.2 Å². The fourth-order valence-corrected chi connectivity index (χ4v) is 1.39. The average molecular weight is 269 g/mol. The quantitative estimate of drug-likeness (QED) is 0.846. The molecule has 0 aliphatic carbocycles. The molecule has 0 saturated heterocycles. The van der Waals surface area contributed by atoms with E-state index < -0.39 is 11.7 Å². The Morgan fingerprint density at radius 2 is 1.79 bits per heavy atom. The number of pyridine rings is 1. The molecular weight excluding hydrogens is 259 g/mol. The van der Waals surface area contributed by atoms with Gasteiger partial charge < -0.3 is 9.47 Å². The van der Waals surface area contributed by atoms with Crippen molar-refractivity contribution >= 4 is 0 Å². The summed E-state index contributed by atoms with van der Waals surface area (Å²) in [6, 6.07) is 8.79. The minimum absolute atomic E-state index is 0.0845. The van der Waals surface area contributed by atoms with Crippen molar-refractivity contribution in [1.29, 1.82) is 0 Å². The zero-order chi connectivity index (χ0) is 13.9. The van der Waals surface area contributed by atoms with Gasteiger partial charge in [0.1, 0.15) is 11.5 Å². The van der Waals surface area contributed by atoms with E-state index in [1.165, 1.54) is 13.2 Å². The lowest BCUT2D eigenvalue weighted by atomic mass is 10.3. The topological polar surface area (TPSA) is 31.4 Å². The zero-order valence-corrected chi connectivity index (χ0v) is 9.94. The minimum Gasteiger partial charge on any atom is -0.497 e. The monoisotopic (exact) mass is 269 g/mol. The van der Waals surface area contributed by atoms with Crippen LogP contribution in [-0.4, -0.2) is 12.1 Å². The maximum atomic E-state index is 12.3. The van der Waals surface area contributed by atoms with Gasteiger partial charge in [-0.3, -0.25) is 0 Å². The van der Waals surface area contributed by atoms with Crippen molar-refractivity contribution in [2.75, 3.05) is 7.11 Å². The van der Waals surface area contributed by atoms with Gasteiger partial charge in [-0.1, -0.05) is 6.07 Å². The molecule has 6 heteroatoms. The van der Waals surface area contributed by atoms with E-state index in [0.29, 0.717) is 11.5 Å². The van der Waals surface area contributed by atoms with Gasteiger partial charge in [0.2, 0.25) is 5.88 Å². The summed E-state index contributed by atoms with van der Waals surface area (Å²) < 4.78 is 47.4. The third-order valence-electron chi connectivity index (χ3n) is 2.33. The fraction of sp³-hybridized carbons (Fsp3) is 0.154. The number of alkyl halides is 3. The van der Waals surface area contributed by atoms with Crippen molar-refractivity contribution in [2.45, 2.75) is 6.18 Å². The van der Waals surface area contributed by atoms with E-state index in [1.54, 1.807) is 24.3 Å². The van der Waals surface area contributed by atoms with Crippen LogP contribution in [0.3, 0.4) is 0 Å². The number of ether oxygens (including phenoxy) is 2. The molecule has 3 nitrogen and oxygen atoms in total. The molecule has 0 atom stereocenters. The molecule has 2 rings (SSSR count). The van der Waals surface area contributed by atoms with Gasteiger partial charge in [0.15, 0.2) is 0 Å². The van der Waals surface area contributed by atoms with Crippen LogP contribution in [0.2, 0.25) is 0 Å². The van der Waals surface area contributed by atoms with E-state index in [2.05, 4.69) is 4.98 Å². The van der Waals surface area contributed by atoms with Gasteiger partial charge in [-0.25, -0.2) is 4.98 Å². The Bertz CT molecular complexity index is 553. The van der Waals surface area contributed by atoms with Crippen LogP contribution in [0.15, 0.2) is 42.6 Å². The van der Waals surface area contributed by atoms with E-state index in [1.807, 2.05) is 0 Å². The highest BCUT2D eigenvalue weighted by molar-refractivity contribution is 5.35. The third-order valence-corrected chi connectivity index (χ3v) is 2.33. The molecule has 0 fully saturated rings. The summed E-state index contributed by atoms with van der Waals surface area (Å²) in [6.45, 7) is 0. The van der Waals surface area contributed by atoms with Crippen LogP contribution < -0.4 is 9.47 Å². The third kappa shape index (κ3) is 3.37. The first-order valence-corrected chi connectivity index (χ1v) is 5.34. The maximum absolute atomic E-state index is 12.3. The first-order valence-electron chi connectivity index (χ1n) is 5.34. The van der Waals surface area contributed by atoms with E-state index in [0.717, 1.165) is 12.3 Å². The molecule has 1 heterocycles. The fourth-order valence-electron chi connectivity index (χ4n) is 1.39. The second-order valence-electron chi connectivity index (χ2n) is 3.66. The number of hydrogen-bond acceptors (Lipinski definition) is 3. The summed E-state index contributed by atoms with van der Waals surface area (Å²) in [6.07, 6.45) is -3.67. The largest absolute Gasteiger partial charge is 0.497 e. The Morgan fingerprint density at radius 3 is 2.37 bits per heavy atom. The molecule has 0 spiro atoms. The molecule has 0 aliphatic heterocycles. The average Bonchev–Trinajstić information content (AvgIpc) is 2.38. The van der Waals surface area contributed by atoms with Crippen molar-refractivity contribution < 1.29 is 22.6 Å². The number of methoxy groups -OCH3 is 1. The van der Waals surface area contributed by atoms with Crippen molar-refractivity contribution in [3.8, 4) is 17.4 Å². The molecule has 19 heavy (non-hydrogen) atoms. The van der Waals surface area contributed by atoms with Gasteiger partial charge in [0.05, 0.1) is 12.7 Å². The Kier molecular flexibility index (Phi) is 3.59. The van der Waals surface area contributed by atoms with Gasteiger partial charge in [0, 0.05) is 18.3 Å². The van der Waals surface area contributed by atoms with Crippen LogP contribution in [-0.2, 0) is 6.18 Å². The lowest BCUT2D eigenvalue weighted by molar-refractivity contribution is -0.137. The number of aromatic nitrogens is 1. The van der Waals surface area contributed by atoms with E-state index in [4.69, 9.17) is 9.47 Å². The van der Waals surface area contributed by atoms with Gasteiger partial charge >= 0.3 is 6.18 Å². The summed E-state index contributed by atoms with van der Waals surface area (Å²) >= 11 is 0. The van der Waals surface area contributed by atoms with E-state index in [9.17, 15) is 13.2 Å². The van der Waals surface area contributed by atoms with Crippen LogP contribution >= 0.6 is 0 Å². The Balaban J connectivity index is 2.15. The highest BCUT2D eigenvalue weighted by Gasteiger charge is 2.30. The molecular formula is C13H10F3NO2. The molecule has 0 amide bonds. The van der Waals surface area contributed by atoms with Gasteiger partial charge in [-0.05, 0) is 18.2 Å². The second kappa shape index (κ2) is 5.17. The first kappa shape index (κ1) is 13.2. The predicted octanol–water partition coefficient (Wildman–Crippen LogP) is 3.90. The first-order chi connectivity index (χ1) is 8.99. The molecule has 2 aromatic rings. The highest BCUT2D eigenvalue weighted by Crippen LogP contribution is 2.30. The number of halogens is 3. The molecule has 1 aromatic heterocycles. The number of benzene rings is 1. The normalized spacial score (nSPS) is 11.2. The molecule has 0 bridgehead atoms.